The normalized spacial score (nSPS) is 15.3. The summed E-state index contributed by atoms with van der Waals surface area (Å²) in [5.41, 5.74) is 2.81. The summed E-state index contributed by atoms with van der Waals surface area (Å²) in [5, 5.41) is 6.87. The van der Waals surface area contributed by atoms with Crippen molar-refractivity contribution in [3.8, 4) is 0 Å². The van der Waals surface area contributed by atoms with E-state index in [9.17, 15) is 0 Å². The number of nitrogens with one attached hydrogen (secondary N) is 2. The van der Waals surface area contributed by atoms with Crippen LogP contribution in [0.15, 0.2) is 0 Å². The first-order valence-electron chi connectivity index (χ1n) is 6.77. The molecule has 0 spiro atoms. The Balaban J connectivity index is 2.10. The smallest absolute Gasteiger partial charge is 0.134 e. The van der Waals surface area contributed by atoms with Gasteiger partial charge in [0.15, 0.2) is 0 Å². The zero-order valence-electron chi connectivity index (χ0n) is 11.9. The number of aromatic nitrogens is 2. The lowest BCUT2D eigenvalue weighted by atomic mass is 9.92. The quantitative estimate of drug-likeness (QED) is 0.861. The van der Waals surface area contributed by atoms with Crippen molar-refractivity contribution >= 4 is 5.82 Å². The van der Waals surface area contributed by atoms with Gasteiger partial charge in [-0.25, -0.2) is 9.97 Å². The zero-order chi connectivity index (χ0) is 13.2. The van der Waals surface area contributed by atoms with Gasteiger partial charge in [-0.15, -0.1) is 0 Å². The molecule has 1 aliphatic rings. The highest BCUT2D eigenvalue weighted by atomic mass is 15.1. The van der Waals surface area contributed by atoms with Gasteiger partial charge in [0.1, 0.15) is 11.6 Å². The van der Waals surface area contributed by atoms with E-state index in [2.05, 4.69) is 41.4 Å². The summed E-state index contributed by atoms with van der Waals surface area (Å²) in [6.07, 6.45) is 2.14. The zero-order valence-corrected chi connectivity index (χ0v) is 11.9. The van der Waals surface area contributed by atoms with Crippen LogP contribution < -0.4 is 10.6 Å². The molecule has 0 aliphatic carbocycles. The van der Waals surface area contributed by atoms with Crippen LogP contribution in [-0.2, 0) is 13.0 Å². The first-order valence-corrected chi connectivity index (χ1v) is 6.77. The number of nitrogens with zero attached hydrogens (tertiary/aromatic N) is 2. The van der Waals surface area contributed by atoms with Crippen LogP contribution in [0.5, 0.6) is 0 Å². The molecule has 2 heterocycles. The number of fused-ring (bicyclic) bond motifs is 1. The molecule has 1 aromatic heterocycles. The highest BCUT2D eigenvalue weighted by Gasteiger charge is 2.17. The molecule has 0 atom stereocenters. The van der Waals surface area contributed by atoms with Crippen molar-refractivity contribution in [1.82, 2.24) is 15.3 Å². The Morgan fingerprint density at radius 2 is 2.06 bits per heavy atom. The number of hydrogen-bond donors (Lipinski definition) is 2. The minimum atomic E-state index is 0.355. The van der Waals surface area contributed by atoms with Crippen LogP contribution in [0.2, 0.25) is 0 Å². The molecular formula is C14H24N4. The van der Waals surface area contributed by atoms with Crippen molar-refractivity contribution in [1.29, 1.82) is 0 Å². The summed E-state index contributed by atoms with van der Waals surface area (Å²) in [6, 6.07) is 0. The van der Waals surface area contributed by atoms with Crippen LogP contribution >= 0.6 is 0 Å². The Kier molecular flexibility index (Phi) is 3.85. The molecule has 4 nitrogen and oxygen atoms in total. The fourth-order valence-corrected chi connectivity index (χ4v) is 2.17. The van der Waals surface area contributed by atoms with Crippen LogP contribution in [0.4, 0.5) is 5.82 Å². The molecule has 0 unspecified atom stereocenters. The molecule has 0 bridgehead atoms. The van der Waals surface area contributed by atoms with Gasteiger partial charge in [-0.1, -0.05) is 20.8 Å². The lowest BCUT2D eigenvalue weighted by Gasteiger charge is -2.22. The van der Waals surface area contributed by atoms with Crippen molar-refractivity contribution < 1.29 is 0 Å². The van der Waals surface area contributed by atoms with Crippen LogP contribution in [-0.4, -0.2) is 23.1 Å². The predicted molar refractivity (Wildman–Crippen MR) is 74.7 cm³/mol. The average molecular weight is 248 g/mol. The van der Waals surface area contributed by atoms with Crippen LogP contribution in [0.3, 0.4) is 0 Å². The molecular weight excluding hydrogens is 224 g/mol. The standard InChI is InChI=1S/C14H24N4/c1-10-17-12-5-7-15-9-11(12)13(18-10)16-8-6-14(2,3)4/h15H,5-9H2,1-4H3,(H,16,17,18). The topological polar surface area (TPSA) is 49.8 Å². The SMILES string of the molecule is Cc1nc2c(c(NCCC(C)(C)C)n1)CNCC2. The van der Waals surface area contributed by atoms with Crippen LogP contribution in [0, 0.1) is 12.3 Å². The summed E-state index contributed by atoms with van der Waals surface area (Å²) in [5.74, 6) is 1.89. The van der Waals surface area contributed by atoms with E-state index in [0.717, 1.165) is 44.1 Å². The molecule has 100 valence electrons. The Morgan fingerprint density at radius 1 is 1.28 bits per heavy atom. The van der Waals surface area contributed by atoms with Crippen LogP contribution in [0.1, 0.15) is 44.3 Å². The van der Waals surface area contributed by atoms with Crippen LogP contribution in [0.25, 0.3) is 0 Å². The van der Waals surface area contributed by atoms with Gasteiger partial charge in [0.05, 0.1) is 5.69 Å². The summed E-state index contributed by atoms with van der Waals surface area (Å²) in [4.78, 5) is 9.08. The fourth-order valence-electron chi connectivity index (χ4n) is 2.17. The molecule has 1 aromatic rings. The number of anilines is 1. The molecule has 0 radical (unpaired) electrons. The largest absolute Gasteiger partial charge is 0.370 e. The maximum atomic E-state index is 4.54. The van der Waals surface area contributed by atoms with Gasteiger partial charge in [0, 0.05) is 31.6 Å². The third-order valence-electron chi connectivity index (χ3n) is 3.21. The van der Waals surface area contributed by atoms with Gasteiger partial charge >= 0.3 is 0 Å². The van der Waals surface area contributed by atoms with Crippen molar-refractivity contribution in [2.45, 2.75) is 47.1 Å². The second kappa shape index (κ2) is 5.22. The van der Waals surface area contributed by atoms with Gasteiger partial charge < -0.3 is 10.6 Å². The summed E-state index contributed by atoms with van der Waals surface area (Å²) in [6.45, 7) is 11.6. The van der Waals surface area contributed by atoms with Crippen molar-refractivity contribution in [3.63, 3.8) is 0 Å². The monoisotopic (exact) mass is 248 g/mol. The lowest BCUT2D eigenvalue weighted by molar-refractivity contribution is 0.389. The van der Waals surface area contributed by atoms with E-state index in [0.29, 0.717) is 5.41 Å². The Hall–Kier alpha value is -1.16. The van der Waals surface area contributed by atoms with Gasteiger partial charge in [-0.05, 0) is 18.8 Å². The summed E-state index contributed by atoms with van der Waals surface area (Å²) < 4.78 is 0. The molecule has 0 saturated carbocycles. The minimum absolute atomic E-state index is 0.355. The van der Waals surface area contributed by atoms with Gasteiger partial charge in [-0.2, -0.15) is 0 Å². The van der Waals surface area contributed by atoms with E-state index in [1.165, 1.54) is 11.3 Å². The summed E-state index contributed by atoms with van der Waals surface area (Å²) in [7, 11) is 0. The van der Waals surface area contributed by atoms with E-state index < -0.39 is 0 Å². The molecule has 4 heteroatoms. The Labute approximate surface area is 110 Å². The molecule has 0 saturated heterocycles. The highest BCUT2D eigenvalue weighted by Crippen LogP contribution is 2.22. The predicted octanol–water partition coefficient (Wildman–Crippen LogP) is 2.28. The molecule has 0 amide bonds. The molecule has 18 heavy (non-hydrogen) atoms. The van der Waals surface area contributed by atoms with Gasteiger partial charge in [0.25, 0.3) is 0 Å². The second-order valence-electron chi connectivity index (χ2n) is 6.21. The average Bonchev–Trinajstić information content (AvgIpc) is 2.27. The molecule has 2 rings (SSSR count). The van der Waals surface area contributed by atoms with E-state index in [4.69, 9.17) is 0 Å². The van der Waals surface area contributed by atoms with E-state index >= 15 is 0 Å². The van der Waals surface area contributed by atoms with Crippen molar-refractivity contribution in [2.24, 2.45) is 5.41 Å². The number of aryl methyl sites for hydroxylation is 1. The summed E-state index contributed by atoms with van der Waals surface area (Å²) >= 11 is 0. The fraction of sp³-hybridized carbons (Fsp3) is 0.714. The van der Waals surface area contributed by atoms with Crippen molar-refractivity contribution in [2.75, 3.05) is 18.4 Å². The third-order valence-corrected chi connectivity index (χ3v) is 3.21. The molecule has 0 fully saturated rings. The second-order valence-corrected chi connectivity index (χ2v) is 6.21. The molecule has 2 N–H and O–H groups in total. The highest BCUT2D eigenvalue weighted by molar-refractivity contribution is 5.47. The first kappa shape index (κ1) is 13.3. The van der Waals surface area contributed by atoms with E-state index in [-0.39, 0.29) is 0 Å². The lowest BCUT2D eigenvalue weighted by Crippen LogP contribution is -2.27. The number of hydrogen-bond acceptors (Lipinski definition) is 4. The van der Waals surface area contributed by atoms with Gasteiger partial charge in [-0.3, -0.25) is 0 Å². The van der Waals surface area contributed by atoms with Crippen molar-refractivity contribution in [3.05, 3.63) is 17.1 Å². The molecule has 1 aliphatic heterocycles. The maximum Gasteiger partial charge on any atom is 0.134 e. The number of rotatable bonds is 3. The third kappa shape index (κ3) is 3.42. The minimum Gasteiger partial charge on any atom is -0.370 e. The van der Waals surface area contributed by atoms with E-state index in [1.54, 1.807) is 0 Å². The Morgan fingerprint density at radius 3 is 2.78 bits per heavy atom. The maximum absolute atomic E-state index is 4.54. The Bertz CT molecular complexity index is 421. The van der Waals surface area contributed by atoms with E-state index in [1.807, 2.05) is 6.92 Å². The first-order chi connectivity index (χ1) is 8.46. The molecule has 0 aromatic carbocycles. The van der Waals surface area contributed by atoms with Gasteiger partial charge in [0.2, 0.25) is 0 Å².